The summed E-state index contributed by atoms with van der Waals surface area (Å²) in [5.41, 5.74) is 6.86. The van der Waals surface area contributed by atoms with Crippen LogP contribution in [0.1, 0.15) is 55.8 Å². The standard InChI is InChI=1S/C27H31N5O/c1-7-19-8-14-22(15-9-19)29-24(33)16-23-17(2)28-26-30-25(31-32(26)18(23)3)20-10-12-21(13-11-20)27(4,5)6/h8-15H,7,16H2,1-6H3,(H,29,33). The molecule has 2 heterocycles. The number of carbonyl (C=O) groups is 1. The smallest absolute Gasteiger partial charge is 0.253 e. The quantitative estimate of drug-likeness (QED) is 0.447. The van der Waals surface area contributed by atoms with Crippen molar-refractivity contribution in [2.24, 2.45) is 0 Å². The van der Waals surface area contributed by atoms with Gasteiger partial charge in [-0.25, -0.2) is 9.50 Å². The molecule has 0 saturated heterocycles. The molecule has 0 saturated carbocycles. The fourth-order valence-electron chi connectivity index (χ4n) is 3.90. The van der Waals surface area contributed by atoms with Gasteiger partial charge >= 0.3 is 0 Å². The Bertz CT molecular complexity index is 1300. The molecule has 2 aromatic carbocycles. The van der Waals surface area contributed by atoms with Crippen LogP contribution in [0.3, 0.4) is 0 Å². The van der Waals surface area contributed by atoms with Crippen molar-refractivity contribution >= 4 is 17.4 Å². The molecule has 4 aromatic rings. The Hall–Kier alpha value is -3.54. The Morgan fingerprint density at radius 2 is 1.64 bits per heavy atom. The second kappa shape index (κ2) is 8.77. The zero-order chi connectivity index (χ0) is 23.8. The summed E-state index contributed by atoms with van der Waals surface area (Å²) in [5, 5.41) is 7.68. The fraction of sp³-hybridized carbons (Fsp3) is 0.333. The van der Waals surface area contributed by atoms with Crippen LogP contribution in [0.5, 0.6) is 0 Å². The lowest BCUT2D eigenvalue weighted by Gasteiger charge is -2.18. The average molecular weight is 442 g/mol. The van der Waals surface area contributed by atoms with E-state index < -0.39 is 0 Å². The largest absolute Gasteiger partial charge is 0.326 e. The molecule has 6 nitrogen and oxygen atoms in total. The number of aryl methyl sites for hydroxylation is 3. The van der Waals surface area contributed by atoms with Gasteiger partial charge in [-0.3, -0.25) is 4.79 Å². The zero-order valence-electron chi connectivity index (χ0n) is 20.2. The first-order valence-electron chi connectivity index (χ1n) is 11.4. The van der Waals surface area contributed by atoms with Crippen LogP contribution in [0.4, 0.5) is 5.69 Å². The van der Waals surface area contributed by atoms with Gasteiger partial charge < -0.3 is 5.32 Å². The van der Waals surface area contributed by atoms with Gasteiger partial charge in [0.25, 0.3) is 5.78 Å². The van der Waals surface area contributed by atoms with Crippen molar-refractivity contribution in [3.63, 3.8) is 0 Å². The van der Waals surface area contributed by atoms with Gasteiger partial charge in [-0.2, -0.15) is 4.98 Å². The predicted molar refractivity (Wildman–Crippen MR) is 133 cm³/mol. The molecule has 0 unspecified atom stereocenters. The van der Waals surface area contributed by atoms with Crippen LogP contribution in [-0.2, 0) is 23.1 Å². The van der Waals surface area contributed by atoms with Crippen LogP contribution < -0.4 is 5.32 Å². The zero-order valence-corrected chi connectivity index (χ0v) is 20.2. The number of anilines is 1. The predicted octanol–water partition coefficient (Wildman–Crippen LogP) is 5.45. The SMILES string of the molecule is CCc1ccc(NC(=O)Cc2c(C)nc3nc(-c4ccc(C(C)(C)C)cc4)nn3c2C)cc1. The maximum Gasteiger partial charge on any atom is 0.253 e. The van der Waals surface area contributed by atoms with Gasteiger partial charge in [-0.05, 0) is 48.9 Å². The normalized spacial score (nSPS) is 11.7. The van der Waals surface area contributed by atoms with Crippen LogP contribution in [0.15, 0.2) is 48.5 Å². The lowest BCUT2D eigenvalue weighted by Crippen LogP contribution is -2.17. The monoisotopic (exact) mass is 441 g/mol. The summed E-state index contributed by atoms with van der Waals surface area (Å²) in [5.74, 6) is 1.09. The van der Waals surface area contributed by atoms with Crippen molar-refractivity contribution in [3.8, 4) is 11.4 Å². The van der Waals surface area contributed by atoms with Gasteiger partial charge in [0.05, 0.1) is 6.42 Å². The summed E-state index contributed by atoms with van der Waals surface area (Å²) in [4.78, 5) is 22.0. The molecule has 0 spiro atoms. The summed E-state index contributed by atoms with van der Waals surface area (Å²) in [6.45, 7) is 12.6. The minimum atomic E-state index is -0.0790. The molecule has 0 bridgehead atoms. The Morgan fingerprint density at radius 3 is 2.24 bits per heavy atom. The van der Waals surface area contributed by atoms with E-state index in [0.717, 1.165) is 34.6 Å². The lowest BCUT2D eigenvalue weighted by molar-refractivity contribution is -0.115. The van der Waals surface area contributed by atoms with E-state index in [1.54, 1.807) is 4.52 Å². The number of hydrogen-bond acceptors (Lipinski definition) is 4. The summed E-state index contributed by atoms with van der Waals surface area (Å²) < 4.78 is 1.73. The Labute approximate surface area is 195 Å². The molecule has 2 aromatic heterocycles. The van der Waals surface area contributed by atoms with E-state index in [-0.39, 0.29) is 17.7 Å². The van der Waals surface area contributed by atoms with Crippen molar-refractivity contribution in [3.05, 3.63) is 76.6 Å². The summed E-state index contributed by atoms with van der Waals surface area (Å²) in [7, 11) is 0. The second-order valence-electron chi connectivity index (χ2n) is 9.51. The summed E-state index contributed by atoms with van der Waals surface area (Å²) in [6, 6.07) is 16.3. The van der Waals surface area contributed by atoms with Crippen molar-refractivity contribution in [1.82, 2.24) is 19.6 Å². The molecule has 1 amide bonds. The molecular weight excluding hydrogens is 410 g/mol. The molecule has 0 atom stereocenters. The van der Waals surface area contributed by atoms with E-state index in [1.807, 2.05) is 38.1 Å². The first-order valence-corrected chi connectivity index (χ1v) is 11.4. The molecule has 1 N–H and O–H groups in total. The Morgan fingerprint density at radius 1 is 0.970 bits per heavy atom. The molecule has 33 heavy (non-hydrogen) atoms. The van der Waals surface area contributed by atoms with Gasteiger partial charge in [0.15, 0.2) is 5.82 Å². The maximum absolute atomic E-state index is 12.7. The highest BCUT2D eigenvalue weighted by Crippen LogP contribution is 2.25. The third kappa shape index (κ3) is 4.80. The third-order valence-corrected chi connectivity index (χ3v) is 6.04. The highest BCUT2D eigenvalue weighted by Gasteiger charge is 2.18. The second-order valence-corrected chi connectivity index (χ2v) is 9.51. The third-order valence-electron chi connectivity index (χ3n) is 6.04. The number of rotatable bonds is 5. The first kappa shape index (κ1) is 22.6. The molecular formula is C27H31N5O. The molecule has 0 fully saturated rings. The van der Waals surface area contributed by atoms with Gasteiger partial charge in [0.2, 0.25) is 5.91 Å². The van der Waals surface area contributed by atoms with E-state index in [0.29, 0.717) is 11.6 Å². The number of hydrogen-bond donors (Lipinski definition) is 1. The molecule has 0 aliphatic carbocycles. The number of carbonyl (C=O) groups excluding carboxylic acids is 1. The molecule has 0 radical (unpaired) electrons. The highest BCUT2D eigenvalue weighted by molar-refractivity contribution is 5.92. The summed E-state index contributed by atoms with van der Waals surface area (Å²) >= 11 is 0. The number of amides is 1. The van der Waals surface area contributed by atoms with Crippen LogP contribution in [0.25, 0.3) is 17.2 Å². The Balaban J connectivity index is 1.59. The van der Waals surface area contributed by atoms with Gasteiger partial charge in [-0.15, -0.1) is 5.10 Å². The lowest BCUT2D eigenvalue weighted by atomic mass is 9.87. The number of aromatic nitrogens is 4. The topological polar surface area (TPSA) is 72.2 Å². The minimum Gasteiger partial charge on any atom is -0.326 e. The average Bonchev–Trinajstić information content (AvgIpc) is 3.21. The van der Waals surface area contributed by atoms with E-state index in [4.69, 9.17) is 5.10 Å². The van der Waals surface area contributed by atoms with E-state index in [1.165, 1.54) is 11.1 Å². The van der Waals surface area contributed by atoms with Crippen molar-refractivity contribution in [2.45, 2.75) is 59.8 Å². The van der Waals surface area contributed by atoms with Crippen LogP contribution in [-0.4, -0.2) is 25.5 Å². The molecule has 0 aliphatic rings. The molecule has 4 rings (SSSR count). The number of fused-ring (bicyclic) bond motifs is 1. The van der Waals surface area contributed by atoms with Crippen molar-refractivity contribution in [2.75, 3.05) is 5.32 Å². The van der Waals surface area contributed by atoms with Crippen molar-refractivity contribution < 1.29 is 4.79 Å². The van der Waals surface area contributed by atoms with E-state index >= 15 is 0 Å². The molecule has 6 heteroatoms. The van der Waals surface area contributed by atoms with Crippen LogP contribution >= 0.6 is 0 Å². The number of benzene rings is 2. The molecule has 0 aliphatic heterocycles. The Kier molecular flexibility index (Phi) is 6.02. The van der Waals surface area contributed by atoms with Crippen LogP contribution in [0, 0.1) is 13.8 Å². The van der Waals surface area contributed by atoms with Gasteiger partial charge in [0.1, 0.15) is 0 Å². The number of nitrogens with one attached hydrogen (secondary N) is 1. The van der Waals surface area contributed by atoms with E-state index in [2.05, 4.69) is 67.2 Å². The molecule has 170 valence electrons. The van der Waals surface area contributed by atoms with Gasteiger partial charge in [-0.1, -0.05) is 64.1 Å². The maximum atomic E-state index is 12.7. The fourth-order valence-corrected chi connectivity index (χ4v) is 3.90. The van der Waals surface area contributed by atoms with Gasteiger partial charge in [0, 0.05) is 28.2 Å². The summed E-state index contributed by atoms with van der Waals surface area (Å²) in [6.07, 6.45) is 1.20. The van der Waals surface area contributed by atoms with Crippen LogP contribution in [0.2, 0.25) is 0 Å². The minimum absolute atomic E-state index is 0.0790. The number of nitrogens with zero attached hydrogens (tertiary/aromatic N) is 4. The van der Waals surface area contributed by atoms with E-state index in [9.17, 15) is 4.79 Å². The van der Waals surface area contributed by atoms with Crippen molar-refractivity contribution in [1.29, 1.82) is 0 Å². The first-order chi connectivity index (χ1) is 15.7. The highest BCUT2D eigenvalue weighted by atomic mass is 16.1.